The van der Waals surface area contributed by atoms with E-state index >= 15 is 0 Å². The van der Waals surface area contributed by atoms with Gasteiger partial charge in [0.1, 0.15) is 23.7 Å². The molecule has 16 nitrogen and oxygen atoms in total. The van der Waals surface area contributed by atoms with Crippen LogP contribution in [0.2, 0.25) is 0 Å². The van der Waals surface area contributed by atoms with Crippen molar-refractivity contribution in [3.63, 3.8) is 0 Å². The maximum Gasteiger partial charge on any atom is 0.306 e. The second-order valence-corrected chi connectivity index (χ2v) is 16.1. The highest BCUT2D eigenvalue weighted by atomic mass is 16.6. The summed E-state index contributed by atoms with van der Waals surface area (Å²) < 4.78 is 11.6. The van der Waals surface area contributed by atoms with E-state index in [2.05, 4.69) is 21.3 Å². The number of rotatable bonds is 22. The summed E-state index contributed by atoms with van der Waals surface area (Å²) >= 11 is 0. The summed E-state index contributed by atoms with van der Waals surface area (Å²) in [4.78, 5) is 107. The van der Waals surface area contributed by atoms with Gasteiger partial charge in [0, 0.05) is 19.4 Å². The molecule has 3 aromatic carbocycles. The number of benzene rings is 3. The molecule has 1 aliphatic rings. The second-order valence-electron chi connectivity index (χ2n) is 16.1. The van der Waals surface area contributed by atoms with E-state index in [1.807, 2.05) is 36.4 Å². The molecular formula is C46H58N6O10. The molecule has 0 bridgehead atoms. The van der Waals surface area contributed by atoms with E-state index in [0.29, 0.717) is 12.0 Å². The molecule has 0 radical (unpaired) electrons. The third kappa shape index (κ3) is 15.6. The van der Waals surface area contributed by atoms with E-state index in [-0.39, 0.29) is 51.7 Å². The minimum absolute atomic E-state index is 0.0211. The molecule has 0 aromatic heterocycles. The molecule has 5 unspecified atom stereocenters. The fourth-order valence-electron chi connectivity index (χ4n) is 6.93. The molecule has 1 aliphatic heterocycles. The molecule has 0 aliphatic carbocycles. The number of esters is 1. The summed E-state index contributed by atoms with van der Waals surface area (Å²) in [5, 5.41) is 10.2. The predicted molar refractivity (Wildman–Crippen MR) is 228 cm³/mol. The van der Waals surface area contributed by atoms with Crippen LogP contribution in [0, 0.1) is 0 Å². The van der Waals surface area contributed by atoms with Crippen molar-refractivity contribution in [1.29, 1.82) is 0 Å². The average Bonchev–Trinajstić information content (AvgIpc) is 3.68. The first kappa shape index (κ1) is 48.2. The lowest BCUT2D eigenvalue weighted by Crippen LogP contribution is -2.56. The van der Waals surface area contributed by atoms with Crippen LogP contribution < -0.4 is 27.0 Å². The molecule has 1 saturated heterocycles. The van der Waals surface area contributed by atoms with Gasteiger partial charge in [-0.1, -0.05) is 104 Å². The number of primary amides is 1. The van der Waals surface area contributed by atoms with Crippen LogP contribution in [-0.2, 0) is 60.9 Å². The molecule has 0 spiro atoms. The minimum atomic E-state index is -1.32. The highest BCUT2D eigenvalue weighted by molar-refractivity contribution is 6.38. The van der Waals surface area contributed by atoms with Gasteiger partial charge in [0.25, 0.3) is 5.91 Å². The number of amides is 6. The summed E-state index contributed by atoms with van der Waals surface area (Å²) in [6.07, 6.45) is 0.0394. The maximum absolute atomic E-state index is 14.5. The Kier molecular flexibility index (Phi) is 18.3. The van der Waals surface area contributed by atoms with Gasteiger partial charge < -0.3 is 41.4 Å². The Labute approximate surface area is 362 Å². The van der Waals surface area contributed by atoms with Gasteiger partial charge in [-0.2, -0.15) is 0 Å². The second kappa shape index (κ2) is 23.5. The number of nitrogens with one attached hydrogen (secondary N) is 4. The summed E-state index contributed by atoms with van der Waals surface area (Å²) in [7, 11) is 0. The van der Waals surface area contributed by atoms with Crippen LogP contribution in [0.4, 0.5) is 0 Å². The number of likely N-dealkylation sites (tertiary alicyclic amines) is 1. The van der Waals surface area contributed by atoms with E-state index in [0.717, 1.165) is 11.1 Å². The van der Waals surface area contributed by atoms with E-state index in [1.54, 1.807) is 82.3 Å². The van der Waals surface area contributed by atoms with E-state index < -0.39 is 89.6 Å². The van der Waals surface area contributed by atoms with Crippen molar-refractivity contribution in [3.05, 3.63) is 108 Å². The Morgan fingerprint density at radius 1 is 0.774 bits per heavy atom. The zero-order chi connectivity index (χ0) is 45.2. The van der Waals surface area contributed by atoms with Gasteiger partial charge in [-0.05, 0) is 56.7 Å². The van der Waals surface area contributed by atoms with Crippen molar-refractivity contribution in [1.82, 2.24) is 26.2 Å². The Hall–Kier alpha value is -6.42. The third-order valence-corrected chi connectivity index (χ3v) is 9.88. The first-order chi connectivity index (χ1) is 29.5. The van der Waals surface area contributed by atoms with Crippen molar-refractivity contribution in [2.45, 2.75) is 115 Å². The van der Waals surface area contributed by atoms with E-state index in [1.165, 1.54) is 4.90 Å². The van der Waals surface area contributed by atoms with Gasteiger partial charge in [0.05, 0.1) is 31.7 Å². The Morgan fingerprint density at radius 3 is 1.98 bits per heavy atom. The summed E-state index contributed by atoms with van der Waals surface area (Å²) in [6.45, 7) is 6.48. The van der Waals surface area contributed by atoms with Gasteiger partial charge in [-0.3, -0.25) is 38.4 Å². The number of nitrogens with zero attached hydrogens (tertiary/aromatic N) is 1. The number of hydrogen-bond donors (Lipinski definition) is 5. The first-order valence-electron chi connectivity index (χ1n) is 20.8. The molecular weight excluding hydrogens is 797 g/mol. The highest BCUT2D eigenvalue weighted by Crippen LogP contribution is 2.25. The van der Waals surface area contributed by atoms with Crippen molar-refractivity contribution >= 4 is 47.2 Å². The maximum atomic E-state index is 14.5. The van der Waals surface area contributed by atoms with Crippen molar-refractivity contribution in [2.75, 3.05) is 13.1 Å². The number of ether oxygens (including phenoxy) is 2. The van der Waals surface area contributed by atoms with Gasteiger partial charge in [-0.15, -0.1) is 0 Å². The molecule has 62 heavy (non-hydrogen) atoms. The zero-order valence-corrected chi connectivity index (χ0v) is 35.7. The van der Waals surface area contributed by atoms with Crippen LogP contribution in [0.15, 0.2) is 91.0 Å². The van der Waals surface area contributed by atoms with Gasteiger partial charge in [0.15, 0.2) is 0 Å². The number of hydrogen-bond acceptors (Lipinski definition) is 10. The van der Waals surface area contributed by atoms with Gasteiger partial charge in [-0.25, -0.2) is 0 Å². The summed E-state index contributed by atoms with van der Waals surface area (Å²) in [6, 6.07) is 21.7. The van der Waals surface area contributed by atoms with Crippen LogP contribution in [0.3, 0.4) is 0 Å². The monoisotopic (exact) mass is 854 g/mol. The fourth-order valence-corrected chi connectivity index (χ4v) is 6.93. The predicted octanol–water partition coefficient (Wildman–Crippen LogP) is 2.73. The normalized spacial score (nSPS) is 16.2. The molecule has 16 heteroatoms. The van der Waals surface area contributed by atoms with Crippen LogP contribution >= 0.6 is 0 Å². The lowest BCUT2D eigenvalue weighted by Gasteiger charge is -2.29. The van der Waals surface area contributed by atoms with E-state index in [9.17, 15) is 38.4 Å². The van der Waals surface area contributed by atoms with Crippen molar-refractivity contribution in [2.24, 2.45) is 5.73 Å². The summed E-state index contributed by atoms with van der Waals surface area (Å²) in [5.41, 5.74) is 6.78. The number of ketones is 1. The van der Waals surface area contributed by atoms with Crippen molar-refractivity contribution < 1.29 is 47.8 Å². The molecule has 5 atom stereocenters. The standard InChI is InChI=1S/C46H58N6O10/c1-5-16-34(41(56)44(59)48-27-38(54)51-40(42(47)57)32-21-13-8-14-22-32)50-43(58)36-26-33(61-29-31-19-11-7-12-20-31)28-52(36)45(60)35(23-15-24-39(55)62-46(2,3)4)49-37(53)25-30-17-9-6-10-18-30/h6-14,17-22,33-36,40H,5,15-16,23-29H2,1-4H3,(H2,47,57)(H,48,59)(H,49,53)(H,50,58)(H,51,54). The Balaban J connectivity index is 1.51. The highest BCUT2D eigenvalue weighted by Gasteiger charge is 2.43. The number of carbonyl (C=O) groups is 8. The topological polar surface area (TPSA) is 232 Å². The SMILES string of the molecule is CCCC(NC(=O)C1CC(OCc2ccccc2)CN1C(=O)C(CCCC(=O)OC(C)(C)C)NC(=O)Cc1ccccc1)C(=O)C(=O)NCC(=O)NC(C(N)=O)c1ccccc1. The molecule has 4 rings (SSSR count). The smallest absolute Gasteiger partial charge is 0.306 e. The molecule has 3 aromatic rings. The molecule has 6 N–H and O–H groups in total. The largest absolute Gasteiger partial charge is 0.460 e. The molecule has 6 amide bonds. The molecule has 0 saturated carbocycles. The van der Waals surface area contributed by atoms with Gasteiger partial charge >= 0.3 is 5.97 Å². The molecule has 1 fully saturated rings. The Bertz CT molecular complexity index is 2010. The lowest BCUT2D eigenvalue weighted by molar-refractivity contribution is -0.155. The summed E-state index contributed by atoms with van der Waals surface area (Å²) in [5.74, 6) is -6.01. The lowest BCUT2D eigenvalue weighted by atomic mass is 10.0. The number of carbonyl (C=O) groups excluding carboxylic acids is 8. The van der Waals surface area contributed by atoms with Crippen LogP contribution in [0.25, 0.3) is 0 Å². The first-order valence-corrected chi connectivity index (χ1v) is 20.8. The number of Topliss-reactive ketones (excluding diaryl/α,β-unsaturated/α-hetero) is 1. The van der Waals surface area contributed by atoms with Crippen LogP contribution in [0.1, 0.15) is 89.0 Å². The average molecular weight is 855 g/mol. The molecule has 1 heterocycles. The third-order valence-electron chi connectivity index (χ3n) is 9.88. The number of nitrogens with two attached hydrogens (primary N) is 1. The van der Waals surface area contributed by atoms with Crippen molar-refractivity contribution in [3.8, 4) is 0 Å². The minimum Gasteiger partial charge on any atom is -0.460 e. The van der Waals surface area contributed by atoms with Crippen LogP contribution in [-0.4, -0.2) is 95.0 Å². The van der Waals surface area contributed by atoms with Crippen LogP contribution in [0.5, 0.6) is 0 Å². The zero-order valence-electron chi connectivity index (χ0n) is 35.7. The quantitative estimate of drug-likeness (QED) is 0.0733. The fraction of sp³-hybridized carbons (Fsp3) is 0.435. The van der Waals surface area contributed by atoms with E-state index in [4.69, 9.17) is 15.2 Å². The Morgan fingerprint density at radius 2 is 1.39 bits per heavy atom. The molecule has 332 valence electrons. The van der Waals surface area contributed by atoms with Gasteiger partial charge in [0.2, 0.25) is 35.3 Å².